The second-order valence-corrected chi connectivity index (χ2v) is 11.5. The third kappa shape index (κ3) is 5.80. The highest BCUT2D eigenvalue weighted by molar-refractivity contribution is 7.92. The molecule has 34 heavy (non-hydrogen) atoms. The highest BCUT2D eigenvalue weighted by atomic mass is 32.2. The highest BCUT2D eigenvalue weighted by Gasteiger charge is 2.30. The van der Waals surface area contributed by atoms with Crippen molar-refractivity contribution in [2.45, 2.75) is 29.8 Å². The van der Waals surface area contributed by atoms with E-state index < -0.39 is 31.4 Å². The first-order chi connectivity index (χ1) is 15.9. The van der Waals surface area contributed by atoms with Crippen LogP contribution in [-0.4, -0.2) is 43.3 Å². The molecular weight excluding hydrogens is 495 g/mol. The molecule has 0 aliphatic carbocycles. The van der Waals surface area contributed by atoms with Crippen LogP contribution >= 0.6 is 0 Å². The minimum Gasteiger partial charge on any atom is -0.339 e. The maximum atomic E-state index is 12.7. The molecule has 182 valence electrons. The molecule has 0 saturated carbocycles. The molecule has 0 bridgehead atoms. The van der Waals surface area contributed by atoms with Gasteiger partial charge in [0.25, 0.3) is 0 Å². The second kappa shape index (κ2) is 9.54. The monoisotopic (exact) mass is 515 g/mol. The highest BCUT2D eigenvalue weighted by Crippen LogP contribution is 2.31. The van der Waals surface area contributed by atoms with Gasteiger partial charge in [0.1, 0.15) is 23.8 Å². The number of nitrogens with zero attached hydrogens (tertiary/aromatic N) is 3. The number of hydrogen-bond donors (Lipinski definition) is 2. The number of hydrogen-bond acceptors (Lipinski definition) is 9. The van der Waals surface area contributed by atoms with E-state index in [0.717, 1.165) is 18.5 Å². The Bertz CT molecular complexity index is 1390. The summed E-state index contributed by atoms with van der Waals surface area (Å²) in [5.74, 6) is -0.0286. The Morgan fingerprint density at radius 1 is 0.794 bits per heavy atom. The lowest BCUT2D eigenvalue weighted by molar-refractivity contribution is -0.137. The summed E-state index contributed by atoms with van der Waals surface area (Å²) in [4.78, 5) is 11.5. The van der Waals surface area contributed by atoms with Crippen molar-refractivity contribution in [3.8, 4) is 0 Å². The van der Waals surface area contributed by atoms with E-state index in [-0.39, 0.29) is 44.4 Å². The topological polar surface area (TPSA) is 131 Å². The van der Waals surface area contributed by atoms with E-state index in [0.29, 0.717) is 6.20 Å². The molecule has 0 unspecified atom stereocenters. The summed E-state index contributed by atoms with van der Waals surface area (Å²) in [6, 6.07) is 7.02. The average molecular weight is 516 g/mol. The van der Waals surface area contributed by atoms with E-state index in [2.05, 4.69) is 25.6 Å². The Morgan fingerprint density at radius 2 is 1.44 bits per heavy atom. The second-order valence-electron chi connectivity index (χ2n) is 6.93. The van der Waals surface area contributed by atoms with E-state index in [9.17, 15) is 30.0 Å². The van der Waals surface area contributed by atoms with Gasteiger partial charge in [0.05, 0.1) is 32.5 Å². The number of nitrogens with one attached hydrogen (secondary N) is 2. The van der Waals surface area contributed by atoms with Crippen molar-refractivity contribution in [3.05, 3.63) is 54.5 Å². The Kier molecular flexibility index (Phi) is 7.12. The average Bonchev–Trinajstić information content (AvgIpc) is 2.79. The van der Waals surface area contributed by atoms with Gasteiger partial charge < -0.3 is 10.6 Å². The van der Waals surface area contributed by atoms with Crippen LogP contribution in [0.2, 0.25) is 0 Å². The Hall–Kier alpha value is -3.26. The van der Waals surface area contributed by atoms with Crippen LogP contribution in [0, 0.1) is 0 Å². The summed E-state index contributed by atoms with van der Waals surface area (Å²) in [6.07, 6.45) is -2.71. The fourth-order valence-corrected chi connectivity index (χ4v) is 4.73. The third-order valence-electron chi connectivity index (χ3n) is 4.68. The van der Waals surface area contributed by atoms with E-state index >= 15 is 0 Å². The first-order valence-corrected chi connectivity index (χ1v) is 13.1. The largest absolute Gasteiger partial charge is 0.417 e. The van der Waals surface area contributed by atoms with Gasteiger partial charge in [-0.15, -0.1) is 0 Å². The zero-order valence-electron chi connectivity index (χ0n) is 18.0. The van der Waals surface area contributed by atoms with Crippen LogP contribution < -0.4 is 10.6 Å². The predicted molar refractivity (Wildman–Crippen MR) is 120 cm³/mol. The van der Waals surface area contributed by atoms with Crippen LogP contribution in [0.1, 0.15) is 19.4 Å². The SMILES string of the molecule is CCS(=O)(=O)c1ccc(S(=O)(=O)CC)c(Nc2cc(Nc3ccc(C(F)(F)F)cn3)ncn2)c1. The molecule has 2 N–H and O–H groups in total. The van der Waals surface area contributed by atoms with Crippen molar-refractivity contribution in [2.75, 3.05) is 22.1 Å². The maximum absolute atomic E-state index is 12.7. The lowest BCUT2D eigenvalue weighted by atomic mass is 10.3. The minimum absolute atomic E-state index is 0.00804. The van der Waals surface area contributed by atoms with Crippen molar-refractivity contribution in [3.63, 3.8) is 0 Å². The quantitative estimate of drug-likeness (QED) is 0.457. The van der Waals surface area contributed by atoms with Gasteiger partial charge in [0.2, 0.25) is 0 Å². The standard InChI is InChI=1S/C20H20F3N5O4S2/c1-3-33(29,30)14-6-7-16(34(31,32)4-2)15(9-14)27-18-10-19(26-12-25-18)28-17-8-5-13(11-24-17)20(21,22)23/h5-12H,3-4H2,1-2H3,(H2,24,25,26,27,28). The van der Waals surface area contributed by atoms with E-state index in [4.69, 9.17) is 0 Å². The molecular formula is C20H20F3N5O4S2. The number of rotatable bonds is 8. The fraction of sp³-hybridized carbons (Fsp3) is 0.250. The molecule has 0 aliphatic rings. The van der Waals surface area contributed by atoms with Crippen molar-refractivity contribution in [1.82, 2.24) is 15.0 Å². The fourth-order valence-electron chi connectivity index (χ4n) is 2.79. The lowest BCUT2D eigenvalue weighted by Crippen LogP contribution is -2.10. The van der Waals surface area contributed by atoms with Gasteiger partial charge >= 0.3 is 6.18 Å². The summed E-state index contributed by atoms with van der Waals surface area (Å²) in [5, 5.41) is 5.53. The molecule has 0 amide bonds. The number of pyridine rings is 1. The Balaban J connectivity index is 1.94. The van der Waals surface area contributed by atoms with Gasteiger partial charge in [-0.2, -0.15) is 13.2 Å². The molecule has 3 rings (SSSR count). The van der Waals surface area contributed by atoms with Gasteiger partial charge in [-0.1, -0.05) is 13.8 Å². The molecule has 2 aromatic heterocycles. The summed E-state index contributed by atoms with van der Waals surface area (Å²) in [6.45, 7) is 2.93. The number of anilines is 4. The molecule has 0 saturated heterocycles. The van der Waals surface area contributed by atoms with Gasteiger partial charge in [0.15, 0.2) is 19.7 Å². The summed E-state index contributed by atoms with van der Waals surface area (Å²) < 4.78 is 87.7. The number of benzene rings is 1. The Labute approximate surface area is 194 Å². The van der Waals surface area contributed by atoms with Crippen molar-refractivity contribution < 1.29 is 30.0 Å². The lowest BCUT2D eigenvalue weighted by Gasteiger charge is -2.14. The zero-order valence-corrected chi connectivity index (χ0v) is 19.6. The molecule has 2 heterocycles. The number of sulfone groups is 2. The van der Waals surface area contributed by atoms with E-state index in [1.165, 1.54) is 38.1 Å². The normalized spacial score (nSPS) is 12.4. The van der Waals surface area contributed by atoms with Crippen molar-refractivity contribution >= 4 is 42.8 Å². The summed E-state index contributed by atoms with van der Waals surface area (Å²) in [5.41, 5.74) is -0.900. The van der Waals surface area contributed by atoms with Crippen LogP contribution in [0.15, 0.2) is 58.7 Å². The van der Waals surface area contributed by atoms with Gasteiger partial charge in [-0.3, -0.25) is 0 Å². The van der Waals surface area contributed by atoms with Gasteiger partial charge in [-0.25, -0.2) is 31.8 Å². The molecule has 0 atom stereocenters. The van der Waals surface area contributed by atoms with Crippen molar-refractivity contribution in [2.24, 2.45) is 0 Å². The number of halogens is 3. The summed E-state index contributed by atoms with van der Waals surface area (Å²) in [7, 11) is -7.32. The van der Waals surface area contributed by atoms with Crippen molar-refractivity contribution in [1.29, 1.82) is 0 Å². The molecule has 0 fully saturated rings. The van der Waals surface area contributed by atoms with Gasteiger partial charge in [0, 0.05) is 12.3 Å². The van der Waals surface area contributed by atoms with Crippen LogP contribution in [0.4, 0.5) is 36.3 Å². The van der Waals surface area contributed by atoms with Crippen LogP contribution in [0.3, 0.4) is 0 Å². The van der Waals surface area contributed by atoms with Crippen LogP contribution in [-0.2, 0) is 25.9 Å². The van der Waals surface area contributed by atoms with Gasteiger partial charge in [-0.05, 0) is 30.3 Å². The molecule has 0 radical (unpaired) electrons. The number of aromatic nitrogens is 3. The van der Waals surface area contributed by atoms with E-state index in [1.807, 2.05) is 0 Å². The first kappa shape index (κ1) is 25.4. The molecule has 14 heteroatoms. The van der Waals surface area contributed by atoms with Crippen LogP contribution in [0.5, 0.6) is 0 Å². The van der Waals surface area contributed by atoms with E-state index in [1.54, 1.807) is 0 Å². The molecule has 1 aromatic carbocycles. The zero-order chi connectivity index (χ0) is 25.1. The molecule has 0 spiro atoms. The molecule has 3 aromatic rings. The summed E-state index contributed by atoms with van der Waals surface area (Å²) >= 11 is 0. The molecule has 0 aliphatic heterocycles. The smallest absolute Gasteiger partial charge is 0.339 e. The number of alkyl halides is 3. The molecule has 9 nitrogen and oxygen atoms in total. The third-order valence-corrected chi connectivity index (χ3v) is 8.20. The van der Waals surface area contributed by atoms with Crippen LogP contribution in [0.25, 0.3) is 0 Å². The predicted octanol–water partition coefficient (Wildman–Crippen LogP) is 3.96. The first-order valence-electron chi connectivity index (χ1n) is 9.84. The maximum Gasteiger partial charge on any atom is 0.417 e. The Morgan fingerprint density at radius 3 is 2.00 bits per heavy atom. The minimum atomic E-state index is -4.52.